The van der Waals surface area contributed by atoms with Gasteiger partial charge in [0, 0.05) is 50.2 Å². The Hall–Kier alpha value is -2.74. The molecule has 9 heteroatoms. The minimum Gasteiger partial charge on any atom is -0.337 e. The molecule has 1 amide bonds. The van der Waals surface area contributed by atoms with E-state index in [1.807, 2.05) is 4.90 Å². The Bertz CT molecular complexity index is 763. The summed E-state index contributed by atoms with van der Waals surface area (Å²) in [5, 5.41) is 10.7. The molecule has 124 valence electrons. The monoisotopic (exact) mass is 347 g/mol. The van der Waals surface area contributed by atoms with Crippen molar-refractivity contribution < 1.29 is 9.72 Å². The van der Waals surface area contributed by atoms with Gasteiger partial charge in [0.25, 0.3) is 11.6 Å². The van der Waals surface area contributed by atoms with Crippen molar-refractivity contribution in [3.63, 3.8) is 0 Å². The van der Waals surface area contributed by atoms with E-state index in [2.05, 4.69) is 9.97 Å². The molecule has 0 saturated carbocycles. The Morgan fingerprint density at radius 2 is 1.83 bits per heavy atom. The van der Waals surface area contributed by atoms with Crippen LogP contribution in [0.3, 0.4) is 0 Å². The molecule has 1 aliphatic rings. The lowest BCUT2D eigenvalue weighted by Gasteiger charge is -2.34. The van der Waals surface area contributed by atoms with Crippen molar-refractivity contribution in [1.82, 2.24) is 14.9 Å². The molecule has 0 unspecified atom stereocenters. The predicted octanol–water partition coefficient (Wildman–Crippen LogP) is 2.00. The van der Waals surface area contributed by atoms with E-state index >= 15 is 0 Å². The van der Waals surface area contributed by atoms with Crippen LogP contribution in [0.4, 0.5) is 11.6 Å². The highest BCUT2D eigenvalue weighted by atomic mass is 35.5. The van der Waals surface area contributed by atoms with E-state index in [0.717, 1.165) is 0 Å². The largest absolute Gasteiger partial charge is 0.337 e. The van der Waals surface area contributed by atoms with E-state index in [4.69, 9.17) is 11.6 Å². The number of hydrogen-bond donors (Lipinski definition) is 0. The minimum absolute atomic E-state index is 0.0397. The molecule has 3 rings (SSSR count). The van der Waals surface area contributed by atoms with Gasteiger partial charge in [-0.2, -0.15) is 0 Å². The minimum atomic E-state index is -0.574. The van der Waals surface area contributed by atoms with Gasteiger partial charge in [0.1, 0.15) is 5.02 Å². The molecular weight excluding hydrogens is 334 g/mol. The van der Waals surface area contributed by atoms with Gasteiger partial charge in [-0.3, -0.25) is 14.9 Å². The number of benzene rings is 1. The van der Waals surface area contributed by atoms with E-state index in [9.17, 15) is 14.9 Å². The summed E-state index contributed by atoms with van der Waals surface area (Å²) in [6.45, 7) is 2.28. The molecule has 0 radical (unpaired) electrons. The maximum atomic E-state index is 12.5. The zero-order chi connectivity index (χ0) is 17.1. The Morgan fingerprint density at radius 3 is 2.42 bits per heavy atom. The Morgan fingerprint density at radius 1 is 1.17 bits per heavy atom. The molecule has 1 aromatic carbocycles. The van der Waals surface area contributed by atoms with E-state index in [0.29, 0.717) is 37.7 Å². The third kappa shape index (κ3) is 3.28. The summed E-state index contributed by atoms with van der Waals surface area (Å²) in [7, 11) is 0. The van der Waals surface area contributed by atoms with Gasteiger partial charge in [0.15, 0.2) is 0 Å². The summed E-state index contributed by atoms with van der Waals surface area (Å²) in [4.78, 5) is 34.8. The normalized spacial score (nSPS) is 14.5. The van der Waals surface area contributed by atoms with E-state index in [1.165, 1.54) is 18.2 Å². The summed E-state index contributed by atoms with van der Waals surface area (Å²) in [5.74, 6) is 0.448. The number of halogens is 1. The lowest BCUT2D eigenvalue weighted by molar-refractivity contribution is -0.384. The van der Waals surface area contributed by atoms with Crippen molar-refractivity contribution in [2.24, 2.45) is 0 Å². The fraction of sp³-hybridized carbons (Fsp3) is 0.267. The molecule has 0 atom stereocenters. The van der Waals surface area contributed by atoms with Crippen LogP contribution >= 0.6 is 11.6 Å². The molecule has 2 aromatic rings. The van der Waals surface area contributed by atoms with Crippen LogP contribution in [0, 0.1) is 10.1 Å². The van der Waals surface area contributed by atoms with Crippen LogP contribution in [0.1, 0.15) is 10.4 Å². The molecule has 0 spiro atoms. The zero-order valence-corrected chi connectivity index (χ0v) is 13.4. The number of piperazine rings is 1. The topological polar surface area (TPSA) is 92.5 Å². The molecule has 0 bridgehead atoms. The predicted molar refractivity (Wildman–Crippen MR) is 88.3 cm³/mol. The van der Waals surface area contributed by atoms with Crippen LogP contribution in [0.2, 0.25) is 5.02 Å². The van der Waals surface area contributed by atoms with Gasteiger partial charge < -0.3 is 9.80 Å². The van der Waals surface area contributed by atoms with Gasteiger partial charge in [0.2, 0.25) is 5.95 Å². The van der Waals surface area contributed by atoms with Crippen LogP contribution in [0.5, 0.6) is 0 Å². The fourth-order valence-corrected chi connectivity index (χ4v) is 2.78. The average molecular weight is 348 g/mol. The SMILES string of the molecule is O=C(c1ccc([N+](=O)[O-])c(Cl)c1)N1CCN(c2ncccn2)CC1. The van der Waals surface area contributed by atoms with Gasteiger partial charge in [-0.25, -0.2) is 9.97 Å². The van der Waals surface area contributed by atoms with E-state index < -0.39 is 4.92 Å². The molecule has 0 N–H and O–H groups in total. The van der Waals surface area contributed by atoms with Gasteiger partial charge in [-0.05, 0) is 18.2 Å². The van der Waals surface area contributed by atoms with Crippen LogP contribution in [0.15, 0.2) is 36.7 Å². The Kier molecular flexibility index (Phi) is 4.57. The van der Waals surface area contributed by atoms with E-state index in [-0.39, 0.29) is 16.6 Å². The molecule has 0 aliphatic carbocycles. The number of hydrogen-bond acceptors (Lipinski definition) is 6. The molecule has 1 aliphatic heterocycles. The lowest BCUT2D eigenvalue weighted by atomic mass is 10.1. The second-order valence-corrected chi connectivity index (χ2v) is 5.66. The first-order valence-corrected chi connectivity index (χ1v) is 7.69. The molecule has 1 fully saturated rings. The highest BCUT2D eigenvalue weighted by Crippen LogP contribution is 2.25. The zero-order valence-electron chi connectivity index (χ0n) is 12.6. The highest BCUT2D eigenvalue weighted by Gasteiger charge is 2.24. The van der Waals surface area contributed by atoms with Crippen LogP contribution in [0.25, 0.3) is 0 Å². The molecule has 1 saturated heterocycles. The summed E-state index contributed by atoms with van der Waals surface area (Å²) in [5.41, 5.74) is 0.134. The number of nitro benzene ring substituents is 1. The average Bonchev–Trinajstić information content (AvgIpc) is 2.61. The van der Waals surface area contributed by atoms with Crippen molar-refractivity contribution >= 4 is 29.1 Å². The number of aromatic nitrogens is 2. The maximum absolute atomic E-state index is 12.5. The Labute approximate surface area is 142 Å². The van der Waals surface area contributed by atoms with Gasteiger partial charge >= 0.3 is 0 Å². The van der Waals surface area contributed by atoms with Crippen molar-refractivity contribution in [2.45, 2.75) is 0 Å². The fourth-order valence-electron chi connectivity index (χ4n) is 2.53. The second-order valence-electron chi connectivity index (χ2n) is 5.25. The highest BCUT2D eigenvalue weighted by molar-refractivity contribution is 6.33. The number of rotatable bonds is 3. The standard InChI is InChI=1S/C15H14ClN5O3/c16-12-10-11(2-3-13(12)21(23)24)14(22)19-6-8-20(9-7-19)15-17-4-1-5-18-15/h1-5,10H,6-9H2. The number of amides is 1. The molecular formula is C15H14ClN5O3. The number of anilines is 1. The van der Waals surface area contributed by atoms with Crippen LogP contribution < -0.4 is 4.90 Å². The second kappa shape index (κ2) is 6.79. The number of carbonyl (C=O) groups excluding carboxylic acids is 1. The maximum Gasteiger partial charge on any atom is 0.287 e. The number of nitrogens with zero attached hydrogens (tertiary/aromatic N) is 5. The first-order valence-electron chi connectivity index (χ1n) is 7.31. The van der Waals surface area contributed by atoms with Crippen molar-refractivity contribution in [3.8, 4) is 0 Å². The number of nitro groups is 1. The van der Waals surface area contributed by atoms with Crippen molar-refractivity contribution in [2.75, 3.05) is 31.1 Å². The number of carbonyl (C=O) groups is 1. The molecule has 2 heterocycles. The van der Waals surface area contributed by atoms with Gasteiger partial charge in [-0.1, -0.05) is 11.6 Å². The first kappa shape index (κ1) is 16.1. The van der Waals surface area contributed by atoms with Gasteiger partial charge in [0.05, 0.1) is 4.92 Å². The first-order chi connectivity index (χ1) is 11.6. The molecule has 1 aromatic heterocycles. The van der Waals surface area contributed by atoms with Crippen molar-refractivity contribution in [1.29, 1.82) is 0 Å². The Balaban J connectivity index is 1.67. The van der Waals surface area contributed by atoms with Crippen LogP contribution in [-0.4, -0.2) is 51.9 Å². The molecule has 8 nitrogen and oxygen atoms in total. The smallest absolute Gasteiger partial charge is 0.287 e. The molecule has 24 heavy (non-hydrogen) atoms. The third-order valence-corrected chi connectivity index (χ3v) is 4.10. The van der Waals surface area contributed by atoms with Crippen molar-refractivity contribution in [3.05, 3.63) is 57.4 Å². The van der Waals surface area contributed by atoms with E-state index in [1.54, 1.807) is 23.4 Å². The summed E-state index contributed by atoms with van der Waals surface area (Å²) >= 11 is 5.87. The summed E-state index contributed by atoms with van der Waals surface area (Å²) in [6, 6.07) is 5.78. The quantitative estimate of drug-likeness (QED) is 0.622. The van der Waals surface area contributed by atoms with Gasteiger partial charge in [-0.15, -0.1) is 0 Å². The third-order valence-electron chi connectivity index (χ3n) is 3.79. The lowest BCUT2D eigenvalue weighted by Crippen LogP contribution is -2.49. The summed E-state index contributed by atoms with van der Waals surface area (Å²) in [6.07, 6.45) is 3.36. The summed E-state index contributed by atoms with van der Waals surface area (Å²) < 4.78 is 0. The van der Waals surface area contributed by atoms with Crippen LogP contribution in [-0.2, 0) is 0 Å².